The molecule has 1 aromatic carbocycles. The van der Waals surface area contributed by atoms with E-state index in [-0.39, 0.29) is 28.4 Å². The fourth-order valence-electron chi connectivity index (χ4n) is 3.57. The Morgan fingerprint density at radius 1 is 1.32 bits per heavy atom. The minimum absolute atomic E-state index is 0.0474. The van der Waals surface area contributed by atoms with Crippen molar-refractivity contribution >= 4 is 33.8 Å². The van der Waals surface area contributed by atoms with Gasteiger partial charge in [-0.1, -0.05) is 67.1 Å². The van der Waals surface area contributed by atoms with Crippen molar-refractivity contribution in [3.8, 4) is 0 Å². The summed E-state index contributed by atoms with van der Waals surface area (Å²) in [4.78, 5) is 32.4. The van der Waals surface area contributed by atoms with Crippen molar-refractivity contribution in [3.63, 3.8) is 0 Å². The second kappa shape index (κ2) is 7.64. The highest BCUT2D eigenvalue weighted by Gasteiger charge is 2.33. The molecular weight excluding hydrogens is 396 g/mol. The van der Waals surface area contributed by atoms with Crippen molar-refractivity contribution in [1.82, 2.24) is 19.5 Å². The maximum Gasteiger partial charge on any atom is 0.294 e. The number of rotatable bonds is 4. The summed E-state index contributed by atoms with van der Waals surface area (Å²) in [6.45, 7) is 4.60. The van der Waals surface area contributed by atoms with E-state index < -0.39 is 0 Å². The molecule has 0 saturated carbocycles. The fourth-order valence-corrected chi connectivity index (χ4v) is 4.95. The van der Waals surface area contributed by atoms with Crippen LogP contribution in [-0.2, 0) is 11.2 Å². The molecule has 28 heavy (non-hydrogen) atoms. The molecule has 1 fully saturated rings. The third-order valence-corrected chi connectivity index (χ3v) is 6.36. The van der Waals surface area contributed by atoms with Crippen LogP contribution in [0.25, 0.3) is 4.96 Å². The highest BCUT2D eigenvalue weighted by atomic mass is 35.5. The van der Waals surface area contributed by atoms with E-state index in [1.807, 2.05) is 49.1 Å². The number of carbonyl (C=O) groups is 1. The molecule has 1 saturated heterocycles. The zero-order valence-corrected chi connectivity index (χ0v) is 17.3. The van der Waals surface area contributed by atoms with Crippen LogP contribution >= 0.6 is 22.9 Å². The molecular formula is C20H21ClN4O2S. The molecule has 146 valence electrons. The van der Waals surface area contributed by atoms with Gasteiger partial charge in [0.1, 0.15) is 10.0 Å². The highest BCUT2D eigenvalue weighted by molar-refractivity contribution is 7.16. The van der Waals surface area contributed by atoms with Gasteiger partial charge in [-0.2, -0.15) is 9.61 Å². The minimum Gasteiger partial charge on any atom is -0.333 e. The van der Waals surface area contributed by atoms with Gasteiger partial charge < -0.3 is 4.90 Å². The number of hydrogen-bond donors (Lipinski definition) is 0. The summed E-state index contributed by atoms with van der Waals surface area (Å²) in [7, 11) is 0. The summed E-state index contributed by atoms with van der Waals surface area (Å²) in [6, 6.07) is 9.61. The van der Waals surface area contributed by atoms with Gasteiger partial charge in [0.15, 0.2) is 0 Å². The van der Waals surface area contributed by atoms with Gasteiger partial charge in [0, 0.05) is 6.54 Å². The molecule has 0 aliphatic carbocycles. The van der Waals surface area contributed by atoms with Gasteiger partial charge >= 0.3 is 0 Å². The molecule has 0 N–H and O–H groups in total. The van der Waals surface area contributed by atoms with Gasteiger partial charge in [-0.15, -0.1) is 0 Å². The lowest BCUT2D eigenvalue weighted by Crippen LogP contribution is -2.32. The van der Waals surface area contributed by atoms with Crippen LogP contribution in [0, 0.1) is 0 Å². The van der Waals surface area contributed by atoms with Gasteiger partial charge in [0.05, 0.1) is 18.2 Å². The third kappa shape index (κ3) is 3.44. The van der Waals surface area contributed by atoms with Crippen molar-refractivity contribution in [3.05, 3.63) is 62.0 Å². The lowest BCUT2D eigenvalue weighted by atomic mass is 10.1. The largest absolute Gasteiger partial charge is 0.333 e. The average molecular weight is 417 g/mol. The predicted molar refractivity (Wildman–Crippen MR) is 110 cm³/mol. The quantitative estimate of drug-likeness (QED) is 0.648. The van der Waals surface area contributed by atoms with E-state index in [1.54, 1.807) is 0 Å². The third-order valence-electron chi connectivity index (χ3n) is 5.00. The van der Waals surface area contributed by atoms with Crippen LogP contribution in [0.1, 0.15) is 54.9 Å². The molecule has 6 nitrogen and oxygen atoms in total. The van der Waals surface area contributed by atoms with Crippen molar-refractivity contribution in [2.75, 3.05) is 6.54 Å². The second-order valence-electron chi connectivity index (χ2n) is 7.31. The molecule has 1 aliphatic rings. The van der Waals surface area contributed by atoms with Crippen LogP contribution in [0.3, 0.4) is 0 Å². The Hall–Kier alpha value is -2.25. The predicted octanol–water partition coefficient (Wildman–Crippen LogP) is 3.83. The van der Waals surface area contributed by atoms with Crippen LogP contribution in [0.2, 0.25) is 5.02 Å². The highest BCUT2D eigenvalue weighted by Crippen LogP contribution is 2.35. The number of amides is 1. The maximum atomic E-state index is 12.9. The van der Waals surface area contributed by atoms with Crippen LogP contribution in [-0.4, -0.2) is 31.9 Å². The smallest absolute Gasteiger partial charge is 0.294 e. The topological polar surface area (TPSA) is 67.6 Å². The standard InChI is InChI=1S/C20H21ClN4O2S/c1-12(2)17-16(21)19(27)25-20(22-17)28-18(23-25)14-9-6-10-24(14)15(26)11-13-7-4-3-5-8-13/h3-5,7-8,12,14H,6,9-11H2,1-2H3/t14-/m1/s1. The fraction of sp³-hybridized carbons (Fsp3) is 0.400. The van der Waals surface area contributed by atoms with Gasteiger partial charge in [0.25, 0.3) is 5.56 Å². The molecule has 0 spiro atoms. The molecule has 4 rings (SSSR count). The summed E-state index contributed by atoms with van der Waals surface area (Å²) < 4.78 is 1.27. The Kier molecular flexibility index (Phi) is 5.21. The van der Waals surface area contributed by atoms with Crippen molar-refractivity contribution in [1.29, 1.82) is 0 Å². The first kappa shape index (κ1) is 19.1. The van der Waals surface area contributed by atoms with Crippen molar-refractivity contribution in [2.45, 2.75) is 45.1 Å². The monoisotopic (exact) mass is 416 g/mol. The summed E-state index contributed by atoms with van der Waals surface area (Å²) in [5, 5.41) is 5.33. The maximum absolute atomic E-state index is 12.9. The van der Waals surface area contributed by atoms with E-state index in [0.717, 1.165) is 23.4 Å². The number of aromatic nitrogens is 3. The number of halogens is 1. The normalized spacial score (nSPS) is 17.0. The zero-order chi connectivity index (χ0) is 19.8. The van der Waals surface area contributed by atoms with Crippen LogP contribution < -0.4 is 5.56 Å². The summed E-state index contributed by atoms with van der Waals surface area (Å²) >= 11 is 7.57. The lowest BCUT2D eigenvalue weighted by molar-refractivity contribution is -0.131. The van der Waals surface area contributed by atoms with Crippen molar-refractivity contribution in [2.24, 2.45) is 0 Å². The Bertz CT molecular complexity index is 1080. The van der Waals surface area contributed by atoms with Crippen molar-refractivity contribution < 1.29 is 4.79 Å². The van der Waals surface area contributed by atoms with Crippen LogP contribution in [0.4, 0.5) is 0 Å². The van der Waals surface area contributed by atoms with E-state index in [4.69, 9.17) is 11.6 Å². The first-order chi connectivity index (χ1) is 13.5. The number of benzene rings is 1. The molecule has 1 amide bonds. The number of fused-ring (bicyclic) bond motifs is 1. The molecule has 0 bridgehead atoms. The Morgan fingerprint density at radius 2 is 2.07 bits per heavy atom. The molecule has 2 aromatic heterocycles. The molecule has 0 unspecified atom stereocenters. The molecule has 3 heterocycles. The minimum atomic E-state index is -0.349. The van der Waals surface area contributed by atoms with E-state index in [2.05, 4.69) is 10.1 Å². The Balaban J connectivity index is 1.66. The number of likely N-dealkylation sites (tertiary alicyclic amines) is 1. The summed E-state index contributed by atoms with van der Waals surface area (Å²) in [6.07, 6.45) is 2.12. The van der Waals surface area contributed by atoms with E-state index in [0.29, 0.717) is 23.6 Å². The summed E-state index contributed by atoms with van der Waals surface area (Å²) in [5.74, 6) is 0.125. The SMILES string of the molecule is CC(C)c1nc2sc([C@H]3CCCN3C(=O)Cc3ccccc3)nn2c(=O)c1Cl. The molecule has 1 atom stereocenters. The Morgan fingerprint density at radius 3 is 2.79 bits per heavy atom. The van der Waals surface area contributed by atoms with Gasteiger partial charge in [-0.05, 0) is 24.3 Å². The zero-order valence-electron chi connectivity index (χ0n) is 15.8. The van der Waals surface area contributed by atoms with Gasteiger partial charge in [0.2, 0.25) is 10.9 Å². The Labute approximate surface area is 171 Å². The molecule has 3 aromatic rings. The van der Waals surface area contributed by atoms with E-state index in [1.165, 1.54) is 15.9 Å². The van der Waals surface area contributed by atoms with Gasteiger partial charge in [-0.25, -0.2) is 4.98 Å². The van der Waals surface area contributed by atoms with E-state index in [9.17, 15) is 9.59 Å². The molecule has 0 radical (unpaired) electrons. The van der Waals surface area contributed by atoms with E-state index >= 15 is 0 Å². The number of hydrogen-bond acceptors (Lipinski definition) is 5. The first-order valence-electron chi connectivity index (χ1n) is 9.38. The number of nitrogens with zero attached hydrogens (tertiary/aromatic N) is 4. The lowest BCUT2D eigenvalue weighted by Gasteiger charge is -2.22. The number of carbonyl (C=O) groups excluding carboxylic acids is 1. The second-order valence-corrected chi connectivity index (χ2v) is 8.68. The van der Waals surface area contributed by atoms with Crippen LogP contribution in [0.5, 0.6) is 0 Å². The first-order valence-corrected chi connectivity index (χ1v) is 10.6. The summed E-state index contributed by atoms with van der Waals surface area (Å²) in [5.41, 5.74) is 1.23. The molecule has 1 aliphatic heterocycles. The van der Waals surface area contributed by atoms with Gasteiger partial charge in [-0.3, -0.25) is 9.59 Å². The molecule has 8 heteroatoms. The van der Waals surface area contributed by atoms with Crippen LogP contribution in [0.15, 0.2) is 35.1 Å². The average Bonchev–Trinajstić information content (AvgIpc) is 3.32.